The molecule has 0 saturated carbocycles. The summed E-state index contributed by atoms with van der Waals surface area (Å²) in [7, 11) is -4.06. The second-order valence-electron chi connectivity index (χ2n) is 4.78. The van der Waals surface area contributed by atoms with Gasteiger partial charge in [-0.15, -0.1) is 11.3 Å². The van der Waals surface area contributed by atoms with Gasteiger partial charge in [0, 0.05) is 0 Å². The Balaban J connectivity index is 2.29. The number of hydrogen-bond acceptors (Lipinski definition) is 4. The molecule has 2 N–H and O–H groups in total. The van der Waals surface area contributed by atoms with Gasteiger partial charge < -0.3 is 0 Å². The van der Waals surface area contributed by atoms with Crippen LogP contribution in [-0.4, -0.2) is 18.2 Å². The number of hydrogen-bond donors (Lipinski definition) is 1. The molecule has 2 heterocycles. The maximum Gasteiger partial charge on any atom is 0.282 e. The number of sulfonamides is 1. The van der Waals surface area contributed by atoms with Crippen LogP contribution in [0.15, 0.2) is 47.4 Å². The second-order valence-corrected chi connectivity index (χ2v) is 8.03. The highest BCUT2D eigenvalue weighted by Gasteiger charge is 2.22. The van der Waals surface area contributed by atoms with Gasteiger partial charge in [-0.25, -0.2) is 27.0 Å². The first-order valence-corrected chi connectivity index (χ1v) is 9.27. The summed E-state index contributed by atoms with van der Waals surface area (Å²) < 4.78 is 51.4. The van der Waals surface area contributed by atoms with E-state index in [1.165, 1.54) is 35.6 Å². The van der Waals surface area contributed by atoms with Gasteiger partial charge in [-0.3, -0.25) is 0 Å². The smallest absolute Gasteiger partial charge is 0.230 e. The number of primary sulfonamides is 1. The van der Waals surface area contributed by atoms with Crippen molar-refractivity contribution in [3.8, 4) is 16.3 Å². The summed E-state index contributed by atoms with van der Waals surface area (Å²) in [5.74, 6) is 0. The standard InChI is InChI=1S/C14H10ClF2N3O2S2/c15-13-6-5-11(23-13)10-7-8(14(16)17)19-20(10)9-3-1-2-4-12(9)24(18,21)22/h1-7,14H,(H2,18,21,22). The van der Waals surface area contributed by atoms with Crippen LogP contribution in [0.25, 0.3) is 16.3 Å². The van der Waals surface area contributed by atoms with Crippen molar-refractivity contribution < 1.29 is 17.2 Å². The first-order valence-electron chi connectivity index (χ1n) is 6.53. The van der Waals surface area contributed by atoms with E-state index in [2.05, 4.69) is 5.10 Å². The zero-order chi connectivity index (χ0) is 17.5. The van der Waals surface area contributed by atoms with E-state index >= 15 is 0 Å². The third-order valence-corrected chi connectivity index (χ3v) is 5.39. The summed E-state index contributed by atoms with van der Waals surface area (Å²) in [6.07, 6.45) is -2.80. The van der Waals surface area contributed by atoms with Gasteiger partial charge in [0.05, 0.1) is 20.6 Å². The molecule has 0 atom stereocenters. The van der Waals surface area contributed by atoms with Gasteiger partial charge in [-0.1, -0.05) is 23.7 Å². The minimum Gasteiger partial charge on any atom is -0.230 e. The van der Waals surface area contributed by atoms with Gasteiger partial charge in [0.15, 0.2) is 0 Å². The van der Waals surface area contributed by atoms with Gasteiger partial charge in [-0.2, -0.15) is 5.10 Å². The molecule has 24 heavy (non-hydrogen) atoms. The molecule has 3 aromatic rings. The molecule has 126 valence electrons. The molecule has 0 saturated heterocycles. The minimum atomic E-state index is -4.06. The van der Waals surface area contributed by atoms with E-state index in [0.717, 1.165) is 4.68 Å². The summed E-state index contributed by atoms with van der Waals surface area (Å²) in [5, 5.41) is 9.07. The lowest BCUT2D eigenvalue weighted by Gasteiger charge is -2.10. The van der Waals surface area contributed by atoms with Crippen molar-refractivity contribution in [1.82, 2.24) is 9.78 Å². The van der Waals surface area contributed by atoms with Gasteiger partial charge in [0.25, 0.3) is 6.43 Å². The molecule has 0 aliphatic carbocycles. The van der Waals surface area contributed by atoms with Gasteiger partial charge in [0.2, 0.25) is 10.0 Å². The molecule has 0 aliphatic heterocycles. The third kappa shape index (κ3) is 3.20. The number of halogens is 3. The first kappa shape index (κ1) is 17.0. The van der Waals surface area contributed by atoms with E-state index in [-0.39, 0.29) is 10.6 Å². The lowest BCUT2D eigenvalue weighted by Crippen LogP contribution is -2.16. The lowest BCUT2D eigenvalue weighted by molar-refractivity contribution is 0.145. The highest BCUT2D eigenvalue weighted by Crippen LogP contribution is 2.35. The highest BCUT2D eigenvalue weighted by molar-refractivity contribution is 7.89. The molecule has 0 unspecified atom stereocenters. The Morgan fingerprint density at radius 2 is 1.92 bits per heavy atom. The van der Waals surface area contributed by atoms with E-state index < -0.39 is 22.1 Å². The molecule has 2 aromatic heterocycles. The number of aromatic nitrogens is 2. The lowest BCUT2D eigenvalue weighted by atomic mass is 10.3. The van der Waals surface area contributed by atoms with Crippen molar-refractivity contribution in [1.29, 1.82) is 0 Å². The van der Waals surface area contributed by atoms with E-state index in [1.54, 1.807) is 18.2 Å². The van der Waals surface area contributed by atoms with Crippen molar-refractivity contribution in [3.05, 3.63) is 52.5 Å². The third-order valence-electron chi connectivity index (χ3n) is 3.18. The topological polar surface area (TPSA) is 78.0 Å². The van der Waals surface area contributed by atoms with E-state index in [0.29, 0.717) is 14.9 Å². The van der Waals surface area contributed by atoms with Crippen LogP contribution in [-0.2, 0) is 10.0 Å². The Morgan fingerprint density at radius 3 is 2.50 bits per heavy atom. The van der Waals surface area contributed by atoms with Crippen LogP contribution >= 0.6 is 22.9 Å². The Labute approximate surface area is 145 Å². The number of rotatable bonds is 4. The van der Waals surface area contributed by atoms with E-state index in [4.69, 9.17) is 16.7 Å². The van der Waals surface area contributed by atoms with Crippen LogP contribution in [0, 0.1) is 0 Å². The Bertz CT molecular complexity index is 999. The summed E-state index contributed by atoms with van der Waals surface area (Å²) in [4.78, 5) is 0.362. The predicted octanol–water partition coefficient (Wildman–Crippen LogP) is 3.84. The number of benzene rings is 1. The normalized spacial score (nSPS) is 12.0. The molecule has 0 bridgehead atoms. The van der Waals surface area contributed by atoms with E-state index in [9.17, 15) is 17.2 Å². The molecule has 0 amide bonds. The maximum absolute atomic E-state index is 13.1. The Kier molecular flexibility index (Phi) is 4.43. The van der Waals surface area contributed by atoms with E-state index in [1.807, 2.05) is 0 Å². The summed E-state index contributed by atoms with van der Waals surface area (Å²) in [6.45, 7) is 0. The summed E-state index contributed by atoms with van der Waals surface area (Å²) >= 11 is 7.07. The number of nitrogens with zero attached hydrogens (tertiary/aromatic N) is 2. The molecule has 0 radical (unpaired) electrons. The van der Waals surface area contributed by atoms with Gasteiger partial charge in [0.1, 0.15) is 10.6 Å². The van der Waals surface area contributed by atoms with Crippen LogP contribution < -0.4 is 5.14 Å². The molecule has 0 fully saturated rings. The molecular formula is C14H10ClF2N3O2S2. The predicted molar refractivity (Wildman–Crippen MR) is 88.2 cm³/mol. The fourth-order valence-corrected chi connectivity index (χ4v) is 3.95. The van der Waals surface area contributed by atoms with Crippen molar-refractivity contribution in [2.45, 2.75) is 11.3 Å². The average molecular weight is 390 g/mol. The summed E-state index contributed by atoms with van der Waals surface area (Å²) in [5.41, 5.74) is -0.0801. The maximum atomic E-state index is 13.1. The fraction of sp³-hybridized carbons (Fsp3) is 0.0714. The second kappa shape index (κ2) is 6.25. The van der Waals surface area contributed by atoms with Gasteiger partial charge in [-0.05, 0) is 30.3 Å². The molecule has 0 spiro atoms. The number of thiophene rings is 1. The molecule has 0 aliphatic rings. The number of alkyl halides is 2. The van der Waals surface area contributed by atoms with Crippen LogP contribution in [0.4, 0.5) is 8.78 Å². The molecular weight excluding hydrogens is 380 g/mol. The Hall–Kier alpha value is -1.81. The van der Waals surface area contributed by atoms with Crippen molar-refractivity contribution >= 4 is 33.0 Å². The molecule has 1 aromatic carbocycles. The minimum absolute atomic E-state index is 0.0893. The fourth-order valence-electron chi connectivity index (χ4n) is 2.19. The van der Waals surface area contributed by atoms with Crippen LogP contribution in [0.3, 0.4) is 0 Å². The first-order chi connectivity index (χ1) is 11.3. The number of para-hydroxylation sites is 1. The largest absolute Gasteiger partial charge is 0.282 e. The molecule has 3 rings (SSSR count). The SMILES string of the molecule is NS(=O)(=O)c1ccccc1-n1nc(C(F)F)cc1-c1ccc(Cl)s1. The number of nitrogens with two attached hydrogens (primary N) is 1. The molecule has 5 nitrogen and oxygen atoms in total. The quantitative estimate of drug-likeness (QED) is 0.736. The monoisotopic (exact) mass is 389 g/mol. The highest BCUT2D eigenvalue weighted by atomic mass is 35.5. The Morgan fingerprint density at radius 1 is 1.21 bits per heavy atom. The zero-order valence-electron chi connectivity index (χ0n) is 11.9. The van der Waals surface area contributed by atoms with Gasteiger partial charge >= 0.3 is 0 Å². The van der Waals surface area contributed by atoms with Crippen LogP contribution in [0.2, 0.25) is 4.34 Å². The van der Waals surface area contributed by atoms with Crippen molar-refractivity contribution in [2.24, 2.45) is 5.14 Å². The van der Waals surface area contributed by atoms with Crippen molar-refractivity contribution in [3.63, 3.8) is 0 Å². The average Bonchev–Trinajstić information content (AvgIpc) is 3.12. The van der Waals surface area contributed by atoms with Crippen LogP contribution in [0.1, 0.15) is 12.1 Å². The van der Waals surface area contributed by atoms with Crippen LogP contribution in [0.5, 0.6) is 0 Å². The van der Waals surface area contributed by atoms with Crippen molar-refractivity contribution in [2.75, 3.05) is 0 Å². The zero-order valence-corrected chi connectivity index (χ0v) is 14.2. The summed E-state index contributed by atoms with van der Waals surface area (Å²) in [6, 6.07) is 10.3. The molecule has 10 heteroatoms.